The number of carbonyl (C=O) groups is 1. The molecule has 7 heteroatoms. The number of para-hydroxylation sites is 1. The van der Waals surface area contributed by atoms with E-state index in [4.69, 9.17) is 9.26 Å². The van der Waals surface area contributed by atoms with E-state index in [0.29, 0.717) is 18.1 Å². The molecule has 0 unspecified atom stereocenters. The molecule has 4 rings (SSSR count). The number of hydrogen-bond acceptors (Lipinski definition) is 6. The number of ether oxygens (including phenoxy) is 1. The zero-order valence-corrected chi connectivity index (χ0v) is 17.8. The first-order valence-corrected chi connectivity index (χ1v) is 10.6. The quantitative estimate of drug-likeness (QED) is 0.399. The van der Waals surface area contributed by atoms with Crippen LogP contribution in [0.25, 0.3) is 11.4 Å². The van der Waals surface area contributed by atoms with E-state index in [9.17, 15) is 4.79 Å². The van der Waals surface area contributed by atoms with E-state index < -0.39 is 0 Å². The van der Waals surface area contributed by atoms with Crippen LogP contribution in [0.15, 0.2) is 93.2 Å². The Hall–Kier alpha value is -3.58. The summed E-state index contributed by atoms with van der Waals surface area (Å²) in [4.78, 5) is 19.0. The number of nitrogens with zero attached hydrogens (tertiary/aromatic N) is 2. The second-order valence-electron chi connectivity index (χ2n) is 6.70. The number of anilines is 1. The van der Waals surface area contributed by atoms with Crippen LogP contribution in [0.3, 0.4) is 0 Å². The van der Waals surface area contributed by atoms with Gasteiger partial charge in [-0.25, -0.2) is 0 Å². The number of aryl methyl sites for hydroxylation is 1. The molecule has 0 spiro atoms. The fourth-order valence-corrected chi connectivity index (χ4v) is 3.84. The maximum Gasteiger partial charge on any atom is 0.227 e. The molecule has 0 aliphatic carbocycles. The average Bonchev–Trinajstić information content (AvgIpc) is 3.29. The van der Waals surface area contributed by atoms with Gasteiger partial charge in [-0.1, -0.05) is 47.3 Å². The summed E-state index contributed by atoms with van der Waals surface area (Å²) < 4.78 is 10.5. The van der Waals surface area contributed by atoms with Gasteiger partial charge < -0.3 is 14.6 Å². The summed E-state index contributed by atoms with van der Waals surface area (Å²) in [5.41, 5.74) is 1.61. The molecular formula is C24H21N3O3S. The molecule has 1 amide bonds. The second-order valence-corrected chi connectivity index (χ2v) is 7.82. The molecule has 1 aromatic heterocycles. The highest BCUT2D eigenvalue weighted by molar-refractivity contribution is 7.99. The highest BCUT2D eigenvalue weighted by atomic mass is 32.2. The molecule has 0 bridgehead atoms. The van der Waals surface area contributed by atoms with Gasteiger partial charge in [0.1, 0.15) is 5.75 Å². The van der Waals surface area contributed by atoms with Crippen LogP contribution >= 0.6 is 11.8 Å². The summed E-state index contributed by atoms with van der Waals surface area (Å²) in [6.45, 7) is 0. The zero-order valence-electron chi connectivity index (χ0n) is 16.9. The Bertz CT molecular complexity index is 1140. The topological polar surface area (TPSA) is 77.2 Å². The summed E-state index contributed by atoms with van der Waals surface area (Å²) in [6, 6.07) is 25.2. The molecule has 0 atom stereocenters. The van der Waals surface area contributed by atoms with Crippen molar-refractivity contribution in [3.8, 4) is 17.1 Å². The lowest BCUT2D eigenvalue weighted by atomic mass is 10.2. The molecule has 0 aliphatic rings. The lowest BCUT2D eigenvalue weighted by Crippen LogP contribution is -2.13. The summed E-state index contributed by atoms with van der Waals surface area (Å²) in [7, 11) is 1.62. The minimum absolute atomic E-state index is 0.106. The van der Waals surface area contributed by atoms with Gasteiger partial charge in [-0.3, -0.25) is 4.79 Å². The smallest absolute Gasteiger partial charge is 0.227 e. The first-order chi connectivity index (χ1) is 15.2. The third kappa shape index (κ3) is 5.52. The summed E-state index contributed by atoms with van der Waals surface area (Å²) >= 11 is 1.61. The van der Waals surface area contributed by atoms with Crippen molar-refractivity contribution in [2.45, 2.75) is 22.6 Å². The highest BCUT2D eigenvalue weighted by Crippen LogP contribution is 2.33. The predicted octanol–water partition coefficient (Wildman–Crippen LogP) is 5.47. The number of amides is 1. The largest absolute Gasteiger partial charge is 0.497 e. The Balaban J connectivity index is 1.35. The van der Waals surface area contributed by atoms with E-state index in [1.165, 1.54) is 0 Å². The summed E-state index contributed by atoms with van der Waals surface area (Å²) in [5.74, 6) is 1.57. The van der Waals surface area contributed by atoms with Gasteiger partial charge in [-0.05, 0) is 48.5 Å². The van der Waals surface area contributed by atoms with Crippen LogP contribution in [-0.2, 0) is 11.2 Å². The number of hydrogen-bond donors (Lipinski definition) is 1. The van der Waals surface area contributed by atoms with Crippen molar-refractivity contribution in [3.63, 3.8) is 0 Å². The van der Waals surface area contributed by atoms with E-state index in [1.807, 2.05) is 78.9 Å². The normalized spacial score (nSPS) is 10.6. The minimum Gasteiger partial charge on any atom is -0.497 e. The molecule has 31 heavy (non-hydrogen) atoms. The van der Waals surface area contributed by atoms with Gasteiger partial charge in [-0.2, -0.15) is 4.98 Å². The summed E-state index contributed by atoms with van der Waals surface area (Å²) in [6.07, 6.45) is 0.609. The third-order valence-electron chi connectivity index (χ3n) is 4.51. The highest BCUT2D eigenvalue weighted by Gasteiger charge is 2.12. The van der Waals surface area contributed by atoms with Gasteiger partial charge in [0.2, 0.25) is 17.6 Å². The molecule has 156 valence electrons. The number of carbonyl (C=O) groups excluding carboxylic acids is 1. The first kappa shape index (κ1) is 20.7. The Morgan fingerprint density at radius 3 is 2.52 bits per heavy atom. The van der Waals surface area contributed by atoms with Crippen molar-refractivity contribution in [2.24, 2.45) is 0 Å². The van der Waals surface area contributed by atoms with Gasteiger partial charge in [-0.15, -0.1) is 0 Å². The Morgan fingerprint density at radius 1 is 1.00 bits per heavy atom. The molecular weight excluding hydrogens is 410 g/mol. The van der Waals surface area contributed by atoms with Crippen molar-refractivity contribution in [1.82, 2.24) is 10.1 Å². The van der Waals surface area contributed by atoms with Crippen molar-refractivity contribution >= 4 is 23.4 Å². The monoisotopic (exact) mass is 431 g/mol. The van der Waals surface area contributed by atoms with Gasteiger partial charge in [0.05, 0.1) is 12.8 Å². The number of rotatable bonds is 8. The molecule has 1 N–H and O–H groups in total. The zero-order chi connectivity index (χ0) is 21.5. The SMILES string of the molecule is COc1ccc(-c2noc(CCC(=O)Nc3ccccc3Sc3ccccc3)n2)cc1. The molecule has 0 saturated heterocycles. The van der Waals surface area contributed by atoms with Crippen LogP contribution < -0.4 is 10.1 Å². The van der Waals surface area contributed by atoms with Crippen LogP contribution in [0.4, 0.5) is 5.69 Å². The fraction of sp³-hybridized carbons (Fsp3) is 0.125. The maximum absolute atomic E-state index is 12.5. The molecule has 1 heterocycles. The minimum atomic E-state index is -0.106. The van der Waals surface area contributed by atoms with E-state index in [0.717, 1.165) is 26.8 Å². The number of aromatic nitrogens is 2. The Morgan fingerprint density at radius 2 is 1.74 bits per heavy atom. The van der Waals surface area contributed by atoms with Crippen LogP contribution in [0, 0.1) is 0 Å². The lowest BCUT2D eigenvalue weighted by molar-refractivity contribution is -0.116. The third-order valence-corrected chi connectivity index (χ3v) is 5.60. The lowest BCUT2D eigenvalue weighted by Gasteiger charge is -2.10. The molecule has 6 nitrogen and oxygen atoms in total. The van der Waals surface area contributed by atoms with Gasteiger partial charge in [0.15, 0.2) is 0 Å². The first-order valence-electron chi connectivity index (χ1n) is 9.80. The van der Waals surface area contributed by atoms with E-state index in [2.05, 4.69) is 15.5 Å². The molecule has 3 aromatic carbocycles. The van der Waals surface area contributed by atoms with Crippen molar-refractivity contribution in [1.29, 1.82) is 0 Å². The molecule has 0 aliphatic heterocycles. The average molecular weight is 432 g/mol. The van der Waals surface area contributed by atoms with Crippen molar-refractivity contribution in [2.75, 3.05) is 12.4 Å². The van der Waals surface area contributed by atoms with Crippen molar-refractivity contribution in [3.05, 3.63) is 84.8 Å². The number of methoxy groups -OCH3 is 1. The summed E-state index contributed by atoms with van der Waals surface area (Å²) in [5, 5.41) is 6.99. The van der Waals surface area contributed by atoms with Gasteiger partial charge >= 0.3 is 0 Å². The second kappa shape index (κ2) is 9.95. The van der Waals surface area contributed by atoms with Crippen LogP contribution in [0.1, 0.15) is 12.3 Å². The molecule has 0 saturated carbocycles. The van der Waals surface area contributed by atoms with Gasteiger partial charge in [0, 0.05) is 28.2 Å². The van der Waals surface area contributed by atoms with Crippen LogP contribution in [0.2, 0.25) is 0 Å². The standard InChI is InChI=1S/C24H21N3O3S/c1-29-18-13-11-17(12-14-18)24-26-23(30-27-24)16-15-22(28)25-20-9-5-6-10-21(20)31-19-7-3-2-4-8-19/h2-14H,15-16H2,1H3,(H,25,28). The van der Waals surface area contributed by atoms with E-state index >= 15 is 0 Å². The maximum atomic E-state index is 12.5. The predicted molar refractivity (Wildman–Crippen MR) is 120 cm³/mol. The molecule has 4 aromatic rings. The number of benzene rings is 3. The fourth-order valence-electron chi connectivity index (χ4n) is 2.92. The van der Waals surface area contributed by atoms with Crippen LogP contribution in [-0.4, -0.2) is 23.2 Å². The Labute approximate surface area is 184 Å². The van der Waals surface area contributed by atoms with Crippen molar-refractivity contribution < 1.29 is 14.1 Å². The molecule has 0 fully saturated rings. The van der Waals surface area contributed by atoms with E-state index in [1.54, 1.807) is 18.9 Å². The van der Waals surface area contributed by atoms with Gasteiger partial charge in [0.25, 0.3) is 0 Å². The Kier molecular flexibility index (Phi) is 6.64. The molecule has 0 radical (unpaired) electrons. The van der Waals surface area contributed by atoms with E-state index in [-0.39, 0.29) is 12.3 Å². The van der Waals surface area contributed by atoms with Crippen LogP contribution in [0.5, 0.6) is 5.75 Å². The number of nitrogens with one attached hydrogen (secondary N) is 1.